The molecule has 0 aliphatic carbocycles. The molecule has 1 N–H and O–H groups in total. The second-order valence-electron chi connectivity index (χ2n) is 6.62. The number of carbonyl (C=O) groups excluding carboxylic acids is 2. The van der Waals surface area contributed by atoms with E-state index in [-0.39, 0.29) is 24.5 Å². The van der Waals surface area contributed by atoms with Crippen LogP contribution in [0.5, 0.6) is 0 Å². The molecular formula is C22H23N3O2. The van der Waals surface area contributed by atoms with Crippen molar-refractivity contribution in [1.29, 1.82) is 0 Å². The molecule has 0 saturated heterocycles. The molecule has 1 heterocycles. The van der Waals surface area contributed by atoms with Gasteiger partial charge in [0.1, 0.15) is 0 Å². The van der Waals surface area contributed by atoms with Crippen LogP contribution in [0.15, 0.2) is 67.3 Å². The fourth-order valence-electron chi connectivity index (χ4n) is 2.75. The van der Waals surface area contributed by atoms with E-state index in [2.05, 4.69) is 10.3 Å². The van der Waals surface area contributed by atoms with Crippen molar-refractivity contribution in [3.8, 4) is 0 Å². The van der Waals surface area contributed by atoms with Gasteiger partial charge in [-0.1, -0.05) is 54.1 Å². The van der Waals surface area contributed by atoms with Crippen molar-refractivity contribution in [2.75, 3.05) is 0 Å². The molecule has 3 aromatic rings. The number of nitrogens with one attached hydrogen (secondary N) is 1. The van der Waals surface area contributed by atoms with Gasteiger partial charge in [-0.05, 0) is 18.1 Å². The largest absolute Gasteiger partial charge is 0.352 e. The van der Waals surface area contributed by atoms with Crippen LogP contribution < -0.4 is 5.32 Å². The van der Waals surface area contributed by atoms with E-state index < -0.39 is 0 Å². The molecule has 138 valence electrons. The Morgan fingerprint density at radius 2 is 1.67 bits per heavy atom. The Hall–Kier alpha value is -3.21. The smallest absolute Gasteiger partial charge is 0.220 e. The molecule has 0 aliphatic heterocycles. The number of ketones is 1. The van der Waals surface area contributed by atoms with E-state index in [4.69, 9.17) is 0 Å². The molecule has 0 atom stereocenters. The molecule has 0 fully saturated rings. The third kappa shape index (κ3) is 5.64. The van der Waals surface area contributed by atoms with Crippen molar-refractivity contribution in [2.45, 2.75) is 32.9 Å². The minimum absolute atomic E-state index is 0.00555. The fourth-order valence-corrected chi connectivity index (χ4v) is 2.75. The summed E-state index contributed by atoms with van der Waals surface area (Å²) in [6.45, 7) is 3.21. The third-order valence-electron chi connectivity index (χ3n) is 4.39. The van der Waals surface area contributed by atoms with E-state index in [1.807, 2.05) is 54.1 Å². The maximum atomic E-state index is 12.1. The van der Waals surface area contributed by atoms with Crippen molar-refractivity contribution >= 4 is 11.7 Å². The number of carbonyl (C=O) groups is 2. The van der Waals surface area contributed by atoms with Gasteiger partial charge < -0.3 is 9.88 Å². The topological polar surface area (TPSA) is 64.0 Å². The summed E-state index contributed by atoms with van der Waals surface area (Å²) >= 11 is 0. The number of aryl methyl sites for hydroxylation is 1. The zero-order chi connectivity index (χ0) is 19.1. The average molecular weight is 361 g/mol. The summed E-state index contributed by atoms with van der Waals surface area (Å²) in [6.07, 6.45) is 5.88. The predicted molar refractivity (Wildman–Crippen MR) is 104 cm³/mol. The van der Waals surface area contributed by atoms with Crippen molar-refractivity contribution in [2.24, 2.45) is 0 Å². The molecule has 1 aromatic heterocycles. The van der Waals surface area contributed by atoms with Gasteiger partial charge in [0, 0.05) is 43.9 Å². The Kier molecular flexibility index (Phi) is 6.15. The molecular weight excluding hydrogens is 338 g/mol. The van der Waals surface area contributed by atoms with E-state index >= 15 is 0 Å². The Morgan fingerprint density at radius 3 is 2.33 bits per heavy atom. The predicted octanol–water partition coefficient (Wildman–Crippen LogP) is 3.52. The van der Waals surface area contributed by atoms with E-state index in [0.717, 1.165) is 17.7 Å². The molecule has 5 heteroatoms. The van der Waals surface area contributed by atoms with Crippen LogP contribution in [0.4, 0.5) is 0 Å². The van der Waals surface area contributed by atoms with Gasteiger partial charge in [0.05, 0.1) is 6.33 Å². The molecule has 3 rings (SSSR count). The summed E-state index contributed by atoms with van der Waals surface area (Å²) in [5.41, 5.74) is 3.97. The summed E-state index contributed by atoms with van der Waals surface area (Å²) in [5, 5.41) is 2.87. The Labute approximate surface area is 159 Å². The van der Waals surface area contributed by atoms with E-state index in [1.165, 1.54) is 5.56 Å². The third-order valence-corrected chi connectivity index (χ3v) is 4.39. The Balaban J connectivity index is 1.42. The standard InChI is InChI=1S/C22H23N3O2/c1-17-2-8-20(9-3-17)21(26)10-11-22(27)24-14-18-4-6-19(7-5-18)15-25-13-12-23-16-25/h2-9,12-13,16H,10-11,14-15H2,1H3,(H,24,27). The van der Waals surface area contributed by atoms with Crippen LogP contribution in [0.25, 0.3) is 0 Å². The second-order valence-corrected chi connectivity index (χ2v) is 6.62. The number of amides is 1. The molecule has 0 unspecified atom stereocenters. The summed E-state index contributed by atoms with van der Waals surface area (Å²) in [4.78, 5) is 28.2. The van der Waals surface area contributed by atoms with Gasteiger partial charge in [0.2, 0.25) is 5.91 Å². The van der Waals surface area contributed by atoms with Gasteiger partial charge in [-0.15, -0.1) is 0 Å². The minimum Gasteiger partial charge on any atom is -0.352 e. The highest BCUT2D eigenvalue weighted by atomic mass is 16.2. The molecule has 0 bridgehead atoms. The summed E-state index contributed by atoms with van der Waals surface area (Å²) in [6, 6.07) is 15.5. The highest BCUT2D eigenvalue weighted by molar-refractivity contribution is 5.97. The summed E-state index contributed by atoms with van der Waals surface area (Å²) in [5.74, 6) is -0.119. The van der Waals surface area contributed by atoms with E-state index in [1.54, 1.807) is 24.7 Å². The molecule has 2 aromatic carbocycles. The van der Waals surface area contributed by atoms with E-state index in [0.29, 0.717) is 12.1 Å². The van der Waals surface area contributed by atoms with Crippen LogP contribution >= 0.6 is 0 Å². The van der Waals surface area contributed by atoms with Crippen molar-refractivity contribution in [3.05, 3.63) is 89.5 Å². The Bertz CT molecular complexity index is 882. The first-order valence-electron chi connectivity index (χ1n) is 9.00. The molecule has 27 heavy (non-hydrogen) atoms. The maximum absolute atomic E-state index is 12.1. The lowest BCUT2D eigenvalue weighted by Crippen LogP contribution is -2.23. The van der Waals surface area contributed by atoms with E-state index in [9.17, 15) is 9.59 Å². The van der Waals surface area contributed by atoms with Crippen LogP contribution in [0.2, 0.25) is 0 Å². The Morgan fingerprint density at radius 1 is 0.963 bits per heavy atom. The van der Waals surface area contributed by atoms with Crippen molar-refractivity contribution < 1.29 is 9.59 Å². The van der Waals surface area contributed by atoms with Crippen LogP contribution in [0.3, 0.4) is 0 Å². The number of rotatable bonds is 8. The number of imidazole rings is 1. The first-order chi connectivity index (χ1) is 13.1. The first-order valence-corrected chi connectivity index (χ1v) is 9.00. The molecule has 0 saturated carbocycles. The van der Waals surface area contributed by atoms with Crippen LogP contribution in [-0.4, -0.2) is 21.2 Å². The molecule has 5 nitrogen and oxygen atoms in total. The van der Waals surface area contributed by atoms with Crippen LogP contribution in [0, 0.1) is 6.92 Å². The first kappa shape index (κ1) is 18.6. The number of nitrogens with zero attached hydrogens (tertiary/aromatic N) is 2. The lowest BCUT2D eigenvalue weighted by atomic mass is 10.0. The van der Waals surface area contributed by atoms with Crippen LogP contribution in [0.1, 0.15) is 39.9 Å². The molecule has 1 amide bonds. The van der Waals surface area contributed by atoms with Gasteiger partial charge in [0.25, 0.3) is 0 Å². The van der Waals surface area contributed by atoms with Gasteiger partial charge in [0.15, 0.2) is 5.78 Å². The lowest BCUT2D eigenvalue weighted by molar-refractivity contribution is -0.121. The second kappa shape index (κ2) is 8.94. The highest BCUT2D eigenvalue weighted by Gasteiger charge is 2.09. The maximum Gasteiger partial charge on any atom is 0.220 e. The zero-order valence-corrected chi connectivity index (χ0v) is 15.4. The van der Waals surface area contributed by atoms with Crippen molar-refractivity contribution in [3.63, 3.8) is 0 Å². The average Bonchev–Trinajstić information content (AvgIpc) is 3.19. The molecule has 0 aliphatic rings. The summed E-state index contributed by atoms with van der Waals surface area (Å²) in [7, 11) is 0. The number of benzene rings is 2. The van der Waals surface area contributed by atoms with Gasteiger partial charge >= 0.3 is 0 Å². The lowest BCUT2D eigenvalue weighted by Gasteiger charge is -2.07. The highest BCUT2D eigenvalue weighted by Crippen LogP contribution is 2.09. The van der Waals surface area contributed by atoms with Gasteiger partial charge in [-0.2, -0.15) is 0 Å². The van der Waals surface area contributed by atoms with Gasteiger partial charge in [-0.3, -0.25) is 9.59 Å². The summed E-state index contributed by atoms with van der Waals surface area (Å²) < 4.78 is 2.00. The SMILES string of the molecule is Cc1ccc(C(=O)CCC(=O)NCc2ccc(Cn3ccnc3)cc2)cc1. The number of aromatic nitrogens is 2. The normalized spacial score (nSPS) is 10.6. The minimum atomic E-state index is -0.113. The molecule has 0 radical (unpaired) electrons. The fraction of sp³-hybridized carbons (Fsp3) is 0.227. The zero-order valence-electron chi connectivity index (χ0n) is 15.4. The monoisotopic (exact) mass is 361 g/mol. The van der Waals surface area contributed by atoms with Crippen molar-refractivity contribution in [1.82, 2.24) is 14.9 Å². The number of Topliss-reactive ketones (excluding diaryl/α,β-unsaturated/α-hetero) is 1. The molecule has 0 spiro atoms. The quantitative estimate of drug-likeness (QED) is 0.625. The number of hydrogen-bond donors (Lipinski definition) is 1. The van der Waals surface area contributed by atoms with Gasteiger partial charge in [-0.25, -0.2) is 4.98 Å². The number of hydrogen-bond acceptors (Lipinski definition) is 3. The van der Waals surface area contributed by atoms with Crippen LogP contribution in [-0.2, 0) is 17.9 Å².